The number of rotatable bonds is 4. The first-order chi connectivity index (χ1) is 13.7. The van der Waals surface area contributed by atoms with Crippen LogP contribution in [0.15, 0.2) is 68.3 Å². The van der Waals surface area contributed by atoms with Crippen molar-refractivity contribution in [1.82, 2.24) is 4.98 Å². The van der Waals surface area contributed by atoms with Gasteiger partial charge >= 0.3 is 0 Å². The molecule has 142 valence electrons. The largest absolute Gasteiger partial charge is 0.491 e. The van der Waals surface area contributed by atoms with Crippen molar-refractivity contribution in [3.63, 3.8) is 0 Å². The van der Waals surface area contributed by atoms with E-state index < -0.39 is 0 Å². The van der Waals surface area contributed by atoms with Gasteiger partial charge in [0.25, 0.3) is 5.88 Å². The second kappa shape index (κ2) is 8.62. The molecule has 0 unspecified atom stereocenters. The predicted octanol–water partition coefficient (Wildman–Crippen LogP) is 6.57. The molecule has 2 aromatic carbocycles. The molecule has 1 aliphatic carbocycles. The standard InChI is InChI=1S/C20H18BrN5OS/c21-14-9-11-15(12-10-14)23-25-19-18(27)22-20(28-19)26-24-17-8-4-2-6-13-5-1-3-7-16(13)17/h1,3,5,7,9-12,27H,2,4,6,8H2,(H,22,26)/b24-17+,25-23?. The SMILES string of the molecule is Oc1nc(N/N=C2\CCCCc3ccccc32)sc1N=Nc1ccc(Br)cc1. The van der Waals surface area contributed by atoms with E-state index in [-0.39, 0.29) is 5.88 Å². The molecule has 1 aliphatic rings. The van der Waals surface area contributed by atoms with Crippen LogP contribution in [0.4, 0.5) is 15.8 Å². The third-order valence-corrected chi connectivity index (χ3v) is 5.76. The topological polar surface area (TPSA) is 82.2 Å². The number of halogens is 1. The smallest absolute Gasteiger partial charge is 0.253 e. The lowest BCUT2D eigenvalue weighted by atomic mass is 10.0. The minimum absolute atomic E-state index is 0.158. The first kappa shape index (κ1) is 18.8. The van der Waals surface area contributed by atoms with E-state index in [0.717, 1.165) is 35.9 Å². The molecule has 1 heterocycles. The van der Waals surface area contributed by atoms with E-state index in [1.54, 1.807) is 0 Å². The van der Waals surface area contributed by atoms with Crippen molar-refractivity contribution in [2.45, 2.75) is 25.7 Å². The molecule has 0 spiro atoms. The molecule has 6 nitrogen and oxygen atoms in total. The van der Waals surface area contributed by atoms with E-state index in [2.05, 4.69) is 59.9 Å². The van der Waals surface area contributed by atoms with Gasteiger partial charge in [-0.25, -0.2) is 0 Å². The van der Waals surface area contributed by atoms with Gasteiger partial charge in [-0.15, -0.1) is 10.2 Å². The van der Waals surface area contributed by atoms with E-state index in [1.165, 1.54) is 22.5 Å². The van der Waals surface area contributed by atoms with Crippen LogP contribution in [0.5, 0.6) is 5.88 Å². The summed E-state index contributed by atoms with van der Waals surface area (Å²) in [5.41, 5.74) is 7.20. The van der Waals surface area contributed by atoms with Gasteiger partial charge in [0.2, 0.25) is 10.1 Å². The van der Waals surface area contributed by atoms with Crippen LogP contribution in [0.2, 0.25) is 0 Å². The second-order valence-electron chi connectivity index (χ2n) is 6.36. The number of aromatic hydroxyl groups is 1. The molecule has 0 fully saturated rings. The van der Waals surface area contributed by atoms with E-state index in [9.17, 15) is 5.11 Å². The third kappa shape index (κ3) is 4.45. The van der Waals surface area contributed by atoms with E-state index in [0.29, 0.717) is 15.8 Å². The molecule has 0 saturated heterocycles. The molecule has 0 amide bonds. The Morgan fingerprint density at radius 2 is 1.79 bits per heavy atom. The average Bonchev–Trinajstić information content (AvgIpc) is 2.94. The molecule has 4 rings (SSSR count). The summed E-state index contributed by atoms with van der Waals surface area (Å²) in [6.07, 6.45) is 4.25. The fraction of sp³-hybridized carbons (Fsp3) is 0.200. The van der Waals surface area contributed by atoms with Crippen LogP contribution < -0.4 is 5.43 Å². The zero-order valence-electron chi connectivity index (χ0n) is 15.0. The molecule has 1 aromatic heterocycles. The van der Waals surface area contributed by atoms with Gasteiger partial charge in [-0.3, -0.25) is 5.43 Å². The van der Waals surface area contributed by atoms with Gasteiger partial charge in [-0.05, 0) is 55.5 Å². The van der Waals surface area contributed by atoms with Crippen LogP contribution in [-0.2, 0) is 6.42 Å². The molecule has 0 radical (unpaired) electrons. The Hall–Kier alpha value is -2.58. The van der Waals surface area contributed by atoms with Crippen molar-refractivity contribution >= 4 is 48.8 Å². The van der Waals surface area contributed by atoms with Crippen LogP contribution in [0.25, 0.3) is 0 Å². The number of hydrazone groups is 1. The molecule has 0 bridgehead atoms. The number of anilines is 1. The van der Waals surface area contributed by atoms with Gasteiger partial charge in [0.1, 0.15) is 0 Å². The number of thiazole rings is 1. The van der Waals surface area contributed by atoms with Crippen molar-refractivity contribution in [2.75, 3.05) is 5.43 Å². The molecular formula is C20H18BrN5OS. The Balaban J connectivity index is 1.51. The number of aryl methyl sites for hydroxylation is 1. The number of hydrogen-bond donors (Lipinski definition) is 2. The molecule has 0 saturated carbocycles. The first-order valence-electron chi connectivity index (χ1n) is 8.97. The summed E-state index contributed by atoms with van der Waals surface area (Å²) in [6, 6.07) is 15.8. The minimum Gasteiger partial charge on any atom is -0.491 e. The number of nitrogens with one attached hydrogen (secondary N) is 1. The van der Waals surface area contributed by atoms with Gasteiger partial charge in [0.05, 0.1) is 11.4 Å². The van der Waals surface area contributed by atoms with Gasteiger partial charge in [-0.1, -0.05) is 51.5 Å². The van der Waals surface area contributed by atoms with Crippen molar-refractivity contribution in [3.05, 3.63) is 64.1 Å². The monoisotopic (exact) mass is 455 g/mol. The Morgan fingerprint density at radius 1 is 1.00 bits per heavy atom. The fourth-order valence-corrected chi connectivity index (χ4v) is 3.91. The van der Waals surface area contributed by atoms with Crippen molar-refractivity contribution < 1.29 is 5.11 Å². The number of benzene rings is 2. The summed E-state index contributed by atoms with van der Waals surface area (Å²) in [6.45, 7) is 0. The van der Waals surface area contributed by atoms with E-state index in [4.69, 9.17) is 0 Å². The average molecular weight is 456 g/mol. The summed E-state index contributed by atoms with van der Waals surface area (Å²) < 4.78 is 0.970. The summed E-state index contributed by atoms with van der Waals surface area (Å²) in [5, 5.41) is 23.7. The maximum atomic E-state index is 10.0. The van der Waals surface area contributed by atoms with Gasteiger partial charge in [0, 0.05) is 10.0 Å². The summed E-state index contributed by atoms with van der Waals surface area (Å²) >= 11 is 4.59. The molecule has 0 atom stereocenters. The van der Waals surface area contributed by atoms with Crippen LogP contribution in [0.3, 0.4) is 0 Å². The van der Waals surface area contributed by atoms with Crippen LogP contribution in [-0.4, -0.2) is 15.8 Å². The van der Waals surface area contributed by atoms with E-state index >= 15 is 0 Å². The fourth-order valence-electron chi connectivity index (χ4n) is 3.02. The summed E-state index contributed by atoms with van der Waals surface area (Å²) in [5.74, 6) is -0.158. The summed E-state index contributed by atoms with van der Waals surface area (Å²) in [7, 11) is 0. The third-order valence-electron chi connectivity index (χ3n) is 4.40. The zero-order chi connectivity index (χ0) is 19.3. The number of fused-ring (bicyclic) bond motifs is 1. The van der Waals surface area contributed by atoms with Crippen molar-refractivity contribution in [2.24, 2.45) is 15.3 Å². The number of azo groups is 1. The quantitative estimate of drug-likeness (QED) is 0.265. The van der Waals surface area contributed by atoms with Gasteiger partial charge in [-0.2, -0.15) is 10.1 Å². The lowest BCUT2D eigenvalue weighted by Crippen LogP contribution is -2.05. The van der Waals surface area contributed by atoms with Crippen molar-refractivity contribution in [3.8, 4) is 5.88 Å². The first-order valence-corrected chi connectivity index (χ1v) is 10.6. The maximum absolute atomic E-state index is 10.0. The Bertz CT molecular complexity index is 1030. The molecular weight excluding hydrogens is 438 g/mol. The normalized spacial score (nSPS) is 15.5. The highest BCUT2D eigenvalue weighted by atomic mass is 79.9. The molecule has 0 aliphatic heterocycles. The molecule has 8 heteroatoms. The maximum Gasteiger partial charge on any atom is 0.253 e. The highest BCUT2D eigenvalue weighted by Crippen LogP contribution is 2.37. The predicted molar refractivity (Wildman–Crippen MR) is 116 cm³/mol. The highest BCUT2D eigenvalue weighted by molar-refractivity contribution is 9.10. The number of hydrogen-bond acceptors (Lipinski definition) is 7. The number of aromatic nitrogens is 1. The zero-order valence-corrected chi connectivity index (χ0v) is 17.4. The minimum atomic E-state index is -0.158. The Labute approximate surface area is 175 Å². The van der Waals surface area contributed by atoms with Crippen molar-refractivity contribution in [1.29, 1.82) is 0 Å². The summed E-state index contributed by atoms with van der Waals surface area (Å²) in [4.78, 5) is 4.10. The number of nitrogens with zero attached hydrogens (tertiary/aromatic N) is 4. The van der Waals surface area contributed by atoms with Gasteiger partial charge < -0.3 is 5.11 Å². The second-order valence-corrected chi connectivity index (χ2v) is 8.25. The van der Waals surface area contributed by atoms with Crippen LogP contribution in [0, 0.1) is 0 Å². The van der Waals surface area contributed by atoms with Crippen LogP contribution in [0.1, 0.15) is 30.4 Å². The Kier molecular flexibility index (Phi) is 5.78. The van der Waals surface area contributed by atoms with Crippen LogP contribution >= 0.6 is 27.3 Å². The molecule has 3 aromatic rings. The highest BCUT2D eigenvalue weighted by Gasteiger charge is 2.14. The van der Waals surface area contributed by atoms with Gasteiger partial charge in [0.15, 0.2) is 0 Å². The lowest BCUT2D eigenvalue weighted by molar-refractivity contribution is 0.459. The molecule has 2 N–H and O–H groups in total. The molecule has 28 heavy (non-hydrogen) atoms. The van der Waals surface area contributed by atoms with E-state index in [1.807, 2.05) is 30.3 Å². The lowest BCUT2D eigenvalue weighted by Gasteiger charge is -2.07. The Morgan fingerprint density at radius 3 is 2.64 bits per heavy atom.